The van der Waals surface area contributed by atoms with Gasteiger partial charge in [-0.05, 0) is 48.5 Å². The quantitative estimate of drug-likeness (QED) is 0.389. The van der Waals surface area contributed by atoms with Gasteiger partial charge in [0.15, 0.2) is 0 Å². The van der Waals surface area contributed by atoms with Crippen molar-refractivity contribution < 1.29 is 4.79 Å². The lowest BCUT2D eigenvalue weighted by molar-refractivity contribution is -0.114. The Morgan fingerprint density at radius 2 is 1.47 bits per heavy atom. The maximum Gasteiger partial charge on any atom is 0.223 e. The molecule has 1 amide bonds. The zero-order valence-electron chi connectivity index (χ0n) is 16.2. The fourth-order valence-corrected chi connectivity index (χ4v) is 2.86. The number of benzene rings is 2. The molecule has 0 fully saturated rings. The number of nitrogens with one attached hydrogen (secondary N) is 3. The Morgan fingerprint density at radius 1 is 0.900 bits per heavy atom. The Morgan fingerprint density at radius 3 is 2.00 bits per heavy atom. The molecule has 0 bridgehead atoms. The molecule has 0 radical (unpaired) electrons. The number of nitrogen functional groups attached to an aromatic ring is 1. The summed E-state index contributed by atoms with van der Waals surface area (Å²) in [6.07, 6.45) is 5.36. The Labute approximate surface area is 173 Å². The van der Waals surface area contributed by atoms with E-state index in [0.29, 0.717) is 11.6 Å². The highest BCUT2D eigenvalue weighted by molar-refractivity contribution is 5.88. The third kappa shape index (κ3) is 4.71. The van der Waals surface area contributed by atoms with Crippen LogP contribution in [0.4, 0.5) is 34.6 Å². The van der Waals surface area contributed by atoms with Crippen molar-refractivity contribution in [2.75, 3.05) is 21.7 Å². The van der Waals surface area contributed by atoms with Gasteiger partial charge in [-0.2, -0.15) is 9.97 Å². The van der Waals surface area contributed by atoms with Gasteiger partial charge in [0.05, 0.1) is 6.33 Å². The van der Waals surface area contributed by atoms with Crippen LogP contribution in [0.5, 0.6) is 0 Å². The zero-order valence-corrected chi connectivity index (χ0v) is 16.2. The van der Waals surface area contributed by atoms with Crippen LogP contribution in [-0.4, -0.2) is 25.4 Å². The van der Waals surface area contributed by atoms with Gasteiger partial charge in [0.1, 0.15) is 11.6 Å². The van der Waals surface area contributed by atoms with Gasteiger partial charge in [-0.25, -0.2) is 4.98 Å². The number of nitrogens with zero attached hydrogens (tertiary/aromatic N) is 4. The number of anilines is 6. The molecule has 4 aromatic rings. The third-order valence-electron chi connectivity index (χ3n) is 4.16. The minimum Gasteiger partial charge on any atom is -0.368 e. The minimum absolute atomic E-state index is 0.118. The largest absolute Gasteiger partial charge is 0.368 e. The Balaban J connectivity index is 1.47. The van der Waals surface area contributed by atoms with E-state index in [2.05, 4.69) is 30.9 Å². The van der Waals surface area contributed by atoms with Gasteiger partial charge in [-0.1, -0.05) is 0 Å². The van der Waals surface area contributed by atoms with E-state index in [1.165, 1.54) is 6.92 Å². The summed E-state index contributed by atoms with van der Waals surface area (Å²) >= 11 is 0. The molecule has 0 aliphatic heterocycles. The van der Waals surface area contributed by atoms with E-state index in [9.17, 15) is 4.79 Å². The number of aromatic nitrogens is 4. The van der Waals surface area contributed by atoms with Gasteiger partial charge >= 0.3 is 0 Å². The van der Waals surface area contributed by atoms with Crippen LogP contribution in [0.2, 0.25) is 0 Å². The van der Waals surface area contributed by atoms with Crippen LogP contribution in [0.15, 0.2) is 73.3 Å². The second kappa shape index (κ2) is 8.31. The van der Waals surface area contributed by atoms with Crippen molar-refractivity contribution in [2.24, 2.45) is 0 Å². The van der Waals surface area contributed by atoms with E-state index >= 15 is 0 Å². The molecule has 150 valence electrons. The van der Waals surface area contributed by atoms with Crippen molar-refractivity contribution in [2.45, 2.75) is 6.92 Å². The van der Waals surface area contributed by atoms with Gasteiger partial charge in [-0.15, -0.1) is 0 Å². The summed E-state index contributed by atoms with van der Waals surface area (Å²) in [7, 11) is 0. The molecule has 2 aromatic carbocycles. The number of hydrogen-bond acceptors (Lipinski definition) is 7. The molecule has 2 heterocycles. The summed E-state index contributed by atoms with van der Waals surface area (Å²) in [5.74, 6) is 1.14. The third-order valence-corrected chi connectivity index (χ3v) is 4.16. The first-order chi connectivity index (χ1) is 14.5. The monoisotopic (exact) mass is 400 g/mol. The van der Waals surface area contributed by atoms with Gasteiger partial charge in [0.25, 0.3) is 0 Å². The first-order valence-electron chi connectivity index (χ1n) is 9.20. The van der Waals surface area contributed by atoms with E-state index in [-0.39, 0.29) is 11.9 Å². The maximum atomic E-state index is 11.1. The number of amides is 1. The van der Waals surface area contributed by atoms with Crippen LogP contribution >= 0.6 is 0 Å². The highest BCUT2D eigenvalue weighted by Crippen LogP contribution is 2.23. The summed E-state index contributed by atoms with van der Waals surface area (Å²) in [4.78, 5) is 23.6. The van der Waals surface area contributed by atoms with Crippen LogP contribution in [0.1, 0.15) is 6.92 Å². The SMILES string of the molecule is CC(=O)Nc1ccc(Nc2cc(Nc3ccc(-n4ccnc4)cc3)nc(N)n2)cc1. The molecule has 4 rings (SSSR count). The highest BCUT2D eigenvalue weighted by atomic mass is 16.1. The van der Waals surface area contributed by atoms with Crippen molar-refractivity contribution in [3.8, 4) is 5.69 Å². The highest BCUT2D eigenvalue weighted by Gasteiger charge is 2.05. The number of hydrogen-bond donors (Lipinski definition) is 4. The molecule has 30 heavy (non-hydrogen) atoms. The van der Waals surface area contributed by atoms with Crippen LogP contribution in [0, 0.1) is 0 Å². The number of nitrogens with two attached hydrogens (primary N) is 1. The van der Waals surface area contributed by atoms with Crippen LogP contribution in [0.25, 0.3) is 5.69 Å². The van der Waals surface area contributed by atoms with Gasteiger partial charge < -0.3 is 26.3 Å². The molecular weight excluding hydrogens is 380 g/mol. The molecule has 2 aromatic heterocycles. The molecule has 0 unspecified atom stereocenters. The van der Waals surface area contributed by atoms with Gasteiger partial charge in [-0.3, -0.25) is 4.79 Å². The smallest absolute Gasteiger partial charge is 0.223 e. The van der Waals surface area contributed by atoms with Crippen molar-refractivity contribution in [1.82, 2.24) is 19.5 Å². The lowest BCUT2D eigenvalue weighted by atomic mass is 10.2. The van der Waals surface area contributed by atoms with Gasteiger partial charge in [0.2, 0.25) is 11.9 Å². The van der Waals surface area contributed by atoms with Crippen LogP contribution < -0.4 is 21.7 Å². The predicted octanol–water partition coefficient (Wildman–Crippen LogP) is 3.69. The van der Waals surface area contributed by atoms with Crippen LogP contribution in [0.3, 0.4) is 0 Å². The topological polar surface area (TPSA) is 123 Å². The molecule has 0 aliphatic carbocycles. The van der Waals surface area contributed by atoms with Crippen molar-refractivity contribution in [3.63, 3.8) is 0 Å². The molecule has 0 aliphatic rings. The molecule has 9 nitrogen and oxygen atoms in total. The fourth-order valence-electron chi connectivity index (χ4n) is 2.86. The fraction of sp³-hybridized carbons (Fsp3) is 0.0476. The van der Waals surface area contributed by atoms with E-state index in [4.69, 9.17) is 5.73 Å². The molecule has 0 saturated carbocycles. The molecule has 9 heteroatoms. The van der Waals surface area contributed by atoms with Crippen molar-refractivity contribution in [1.29, 1.82) is 0 Å². The van der Waals surface area contributed by atoms with E-state index < -0.39 is 0 Å². The second-order valence-corrected chi connectivity index (χ2v) is 6.52. The van der Waals surface area contributed by atoms with E-state index in [1.807, 2.05) is 47.2 Å². The summed E-state index contributed by atoms with van der Waals surface area (Å²) in [6, 6.07) is 16.9. The average Bonchev–Trinajstić information content (AvgIpc) is 3.24. The van der Waals surface area contributed by atoms with Gasteiger partial charge in [0, 0.05) is 48.1 Å². The lowest BCUT2D eigenvalue weighted by Crippen LogP contribution is -2.06. The Bertz CT molecular complexity index is 1140. The molecule has 5 N–H and O–H groups in total. The second-order valence-electron chi connectivity index (χ2n) is 6.52. The number of carbonyl (C=O) groups is 1. The lowest BCUT2D eigenvalue weighted by Gasteiger charge is -2.11. The molecule has 0 saturated heterocycles. The number of imidazole rings is 1. The Kier molecular flexibility index (Phi) is 5.25. The standard InChI is InChI=1S/C21H20N8O/c1-14(30)24-15-2-4-16(5-3-15)25-19-12-20(28-21(22)27-19)26-17-6-8-18(9-7-17)29-11-10-23-13-29/h2-13H,1H3,(H,24,30)(H4,22,25,26,27,28). The van der Waals surface area contributed by atoms with Crippen molar-refractivity contribution >= 4 is 40.6 Å². The molecule has 0 atom stereocenters. The maximum absolute atomic E-state index is 11.1. The predicted molar refractivity (Wildman–Crippen MR) is 117 cm³/mol. The first kappa shape index (κ1) is 18.9. The van der Waals surface area contributed by atoms with Crippen molar-refractivity contribution in [3.05, 3.63) is 73.3 Å². The first-order valence-corrected chi connectivity index (χ1v) is 9.20. The van der Waals surface area contributed by atoms with Crippen LogP contribution in [-0.2, 0) is 4.79 Å². The average molecular weight is 400 g/mol. The van der Waals surface area contributed by atoms with E-state index in [0.717, 1.165) is 22.7 Å². The number of rotatable bonds is 6. The minimum atomic E-state index is -0.118. The summed E-state index contributed by atoms with van der Waals surface area (Å²) < 4.78 is 1.92. The summed E-state index contributed by atoms with van der Waals surface area (Å²) in [5.41, 5.74) is 9.27. The summed E-state index contributed by atoms with van der Waals surface area (Å²) in [5, 5.41) is 9.14. The van der Waals surface area contributed by atoms with E-state index in [1.54, 1.807) is 30.7 Å². The molecular formula is C21H20N8O. The number of carbonyl (C=O) groups excluding carboxylic acids is 1. The normalized spacial score (nSPS) is 10.4. The Hall–Kier alpha value is -4.40. The molecule has 0 spiro atoms. The summed E-state index contributed by atoms with van der Waals surface area (Å²) in [6.45, 7) is 1.47. The zero-order chi connectivity index (χ0) is 20.9.